The van der Waals surface area contributed by atoms with Gasteiger partial charge in [0.1, 0.15) is 0 Å². The van der Waals surface area contributed by atoms with Crippen LogP contribution in [0, 0.1) is 33.5 Å². The van der Waals surface area contributed by atoms with E-state index in [1.54, 1.807) is 0 Å². The molecule has 0 unspecified atom stereocenters. The molecule has 0 heterocycles. The largest absolute Gasteiger partial charge is 0.465 e. The lowest BCUT2D eigenvalue weighted by molar-refractivity contribution is -0.188. The van der Waals surface area contributed by atoms with Gasteiger partial charge in [0, 0.05) is 6.61 Å². The van der Waals surface area contributed by atoms with Gasteiger partial charge in [-0.15, -0.1) is 0 Å². The van der Waals surface area contributed by atoms with Gasteiger partial charge in [-0.1, -0.05) is 26.7 Å². The molecule has 0 radical (unpaired) electrons. The Bertz CT molecular complexity index is 649. The van der Waals surface area contributed by atoms with Crippen molar-refractivity contribution in [2.75, 3.05) is 13.2 Å². The summed E-state index contributed by atoms with van der Waals surface area (Å²) in [5.41, 5.74) is 0.244. The fourth-order valence-corrected chi connectivity index (χ4v) is 8.87. The van der Waals surface area contributed by atoms with Crippen molar-refractivity contribution in [1.29, 1.82) is 0 Å². The van der Waals surface area contributed by atoms with Gasteiger partial charge in [-0.3, -0.25) is 4.79 Å². The first-order valence-electron chi connectivity index (χ1n) is 12.7. The van der Waals surface area contributed by atoms with Crippen LogP contribution in [0.1, 0.15) is 104 Å². The summed E-state index contributed by atoms with van der Waals surface area (Å²) >= 11 is 0. The lowest BCUT2D eigenvalue weighted by Crippen LogP contribution is -2.58. The SMILES string of the molecule is C[C@@]12CC[C@@H]3[C@@](CC[C@H]4[C@@]3(C)CCC[C@@]4(C)C(=O)OCCCCCCO)(C[C@H]1O)C2. The number of rotatable bonds is 7. The second-order valence-electron chi connectivity index (χ2n) is 12.1. The van der Waals surface area contributed by atoms with Gasteiger partial charge in [-0.2, -0.15) is 0 Å². The Balaban J connectivity index is 1.47. The van der Waals surface area contributed by atoms with Crippen molar-refractivity contribution >= 4 is 5.97 Å². The number of hydrogen-bond acceptors (Lipinski definition) is 4. The Morgan fingerprint density at radius 1 is 0.967 bits per heavy atom. The van der Waals surface area contributed by atoms with Crippen LogP contribution in [0.25, 0.3) is 0 Å². The lowest BCUT2D eigenvalue weighted by Gasteiger charge is -2.64. The first kappa shape index (κ1) is 22.6. The van der Waals surface area contributed by atoms with Crippen molar-refractivity contribution in [2.45, 2.75) is 110 Å². The Labute approximate surface area is 183 Å². The molecule has 2 N–H and O–H groups in total. The quantitative estimate of drug-likeness (QED) is 0.436. The summed E-state index contributed by atoms with van der Waals surface area (Å²) in [4.78, 5) is 13.3. The van der Waals surface area contributed by atoms with E-state index in [2.05, 4.69) is 20.8 Å². The summed E-state index contributed by atoms with van der Waals surface area (Å²) in [6, 6.07) is 0. The predicted molar refractivity (Wildman–Crippen MR) is 118 cm³/mol. The fourth-order valence-electron chi connectivity index (χ4n) is 8.87. The van der Waals surface area contributed by atoms with Crippen LogP contribution in [0.4, 0.5) is 0 Å². The topological polar surface area (TPSA) is 66.8 Å². The first-order valence-corrected chi connectivity index (χ1v) is 12.7. The molecule has 0 saturated heterocycles. The Morgan fingerprint density at radius 3 is 2.47 bits per heavy atom. The van der Waals surface area contributed by atoms with E-state index < -0.39 is 0 Å². The second kappa shape index (κ2) is 8.06. The van der Waals surface area contributed by atoms with Crippen LogP contribution in [-0.2, 0) is 9.53 Å². The van der Waals surface area contributed by atoms with E-state index in [-0.39, 0.29) is 34.9 Å². The van der Waals surface area contributed by atoms with Gasteiger partial charge in [-0.05, 0) is 106 Å². The smallest absolute Gasteiger partial charge is 0.312 e. The van der Waals surface area contributed by atoms with E-state index in [9.17, 15) is 9.90 Å². The molecule has 4 fully saturated rings. The van der Waals surface area contributed by atoms with Crippen molar-refractivity contribution < 1.29 is 19.7 Å². The molecule has 4 aliphatic rings. The molecule has 2 bridgehead atoms. The average molecular weight is 421 g/mol. The molecule has 7 atom stereocenters. The Hall–Kier alpha value is -0.610. The van der Waals surface area contributed by atoms with E-state index >= 15 is 0 Å². The van der Waals surface area contributed by atoms with Gasteiger partial charge >= 0.3 is 5.97 Å². The summed E-state index contributed by atoms with van der Waals surface area (Å²) in [5, 5.41) is 19.7. The van der Waals surface area contributed by atoms with E-state index in [1.165, 1.54) is 25.7 Å². The van der Waals surface area contributed by atoms with E-state index in [1.807, 2.05) is 0 Å². The molecule has 4 heteroatoms. The first-order chi connectivity index (χ1) is 14.2. The molecule has 4 aliphatic carbocycles. The third-order valence-corrected chi connectivity index (χ3v) is 10.4. The molecule has 4 saturated carbocycles. The highest BCUT2D eigenvalue weighted by Crippen LogP contribution is 2.73. The van der Waals surface area contributed by atoms with Crippen molar-refractivity contribution in [3.05, 3.63) is 0 Å². The zero-order valence-electron chi connectivity index (χ0n) is 19.5. The van der Waals surface area contributed by atoms with Crippen LogP contribution in [0.2, 0.25) is 0 Å². The maximum Gasteiger partial charge on any atom is 0.312 e. The molecular weight excluding hydrogens is 376 g/mol. The fraction of sp³-hybridized carbons (Fsp3) is 0.962. The molecule has 0 aromatic carbocycles. The van der Waals surface area contributed by atoms with Gasteiger partial charge in [0.25, 0.3) is 0 Å². The van der Waals surface area contributed by atoms with E-state index in [4.69, 9.17) is 9.84 Å². The minimum atomic E-state index is -0.363. The summed E-state index contributed by atoms with van der Waals surface area (Å²) < 4.78 is 5.85. The standard InChI is InChI=1S/C26H44O4/c1-23-13-9-20-24(2)11-8-12-25(3,22(29)30-16-7-5-4-6-15-27)19(24)10-14-26(20,18-23)17-21(23)28/h19-21,27-28H,4-18H2,1-3H3/t19-,20-,21+,23-,24+,25+,26-/m0/s1. The molecular formula is C26H44O4. The van der Waals surface area contributed by atoms with Gasteiger partial charge < -0.3 is 14.9 Å². The molecule has 0 aromatic heterocycles. The Morgan fingerprint density at radius 2 is 1.70 bits per heavy atom. The molecule has 4 nitrogen and oxygen atoms in total. The van der Waals surface area contributed by atoms with Gasteiger partial charge in [0.15, 0.2) is 0 Å². The minimum absolute atomic E-state index is 0.0311. The second-order valence-corrected chi connectivity index (χ2v) is 12.1. The van der Waals surface area contributed by atoms with Crippen molar-refractivity contribution in [2.24, 2.45) is 33.5 Å². The van der Waals surface area contributed by atoms with Crippen molar-refractivity contribution in [3.8, 4) is 0 Å². The number of ether oxygens (including phenoxy) is 1. The number of esters is 1. The summed E-state index contributed by atoms with van der Waals surface area (Å²) in [7, 11) is 0. The molecule has 0 amide bonds. The van der Waals surface area contributed by atoms with Gasteiger partial charge in [-0.25, -0.2) is 0 Å². The summed E-state index contributed by atoms with van der Waals surface area (Å²) in [6.07, 6.45) is 13.7. The molecule has 172 valence electrons. The number of aliphatic hydroxyl groups excluding tert-OH is 2. The van der Waals surface area contributed by atoms with Gasteiger partial charge in [0.05, 0.1) is 18.1 Å². The number of aliphatic hydroxyl groups is 2. The number of unbranched alkanes of at least 4 members (excludes halogenated alkanes) is 3. The monoisotopic (exact) mass is 420 g/mol. The lowest BCUT2D eigenvalue weighted by atomic mass is 9.40. The van der Waals surface area contributed by atoms with Crippen LogP contribution >= 0.6 is 0 Å². The number of carbonyl (C=O) groups excluding carboxylic acids is 1. The zero-order chi connectivity index (χ0) is 21.6. The summed E-state index contributed by atoms with van der Waals surface area (Å²) in [6.45, 7) is 7.74. The van der Waals surface area contributed by atoms with Crippen LogP contribution in [0.15, 0.2) is 0 Å². The molecule has 30 heavy (non-hydrogen) atoms. The predicted octanol–water partition coefficient (Wildman–Crippen LogP) is 5.25. The molecule has 1 spiro atoms. The average Bonchev–Trinajstić information content (AvgIpc) is 2.87. The zero-order valence-corrected chi connectivity index (χ0v) is 19.5. The third kappa shape index (κ3) is 3.45. The maximum absolute atomic E-state index is 13.3. The highest BCUT2D eigenvalue weighted by molar-refractivity contribution is 5.77. The van der Waals surface area contributed by atoms with Crippen LogP contribution in [0.3, 0.4) is 0 Å². The van der Waals surface area contributed by atoms with E-state index in [0.29, 0.717) is 23.9 Å². The maximum atomic E-state index is 13.3. The minimum Gasteiger partial charge on any atom is -0.465 e. The van der Waals surface area contributed by atoms with Crippen LogP contribution in [0.5, 0.6) is 0 Å². The molecule has 4 rings (SSSR count). The number of hydrogen-bond donors (Lipinski definition) is 2. The Kier molecular flexibility index (Phi) is 6.07. The van der Waals surface area contributed by atoms with Crippen LogP contribution < -0.4 is 0 Å². The highest BCUT2D eigenvalue weighted by atomic mass is 16.5. The highest BCUT2D eigenvalue weighted by Gasteiger charge is 2.68. The number of fused-ring (bicyclic) bond motifs is 3. The van der Waals surface area contributed by atoms with Crippen LogP contribution in [-0.4, -0.2) is 35.5 Å². The van der Waals surface area contributed by atoms with E-state index in [0.717, 1.165) is 57.8 Å². The summed E-state index contributed by atoms with van der Waals surface area (Å²) in [5.74, 6) is 1.07. The van der Waals surface area contributed by atoms with Crippen molar-refractivity contribution in [3.63, 3.8) is 0 Å². The number of carbonyl (C=O) groups is 1. The van der Waals surface area contributed by atoms with Crippen molar-refractivity contribution in [1.82, 2.24) is 0 Å². The van der Waals surface area contributed by atoms with Gasteiger partial charge in [0.2, 0.25) is 0 Å². The normalized spacial score (nSPS) is 47.4. The molecule has 0 aliphatic heterocycles. The molecule has 0 aromatic rings. The third-order valence-electron chi connectivity index (χ3n) is 10.4.